The molecule has 1 saturated carbocycles. The van der Waals surface area contributed by atoms with Crippen LogP contribution in [0.4, 0.5) is 4.39 Å². The molecule has 0 radical (unpaired) electrons. The van der Waals surface area contributed by atoms with Gasteiger partial charge in [-0.05, 0) is 49.4 Å². The molecule has 0 N–H and O–H groups in total. The number of hydrogen-bond acceptors (Lipinski definition) is 5. The van der Waals surface area contributed by atoms with Crippen molar-refractivity contribution in [3.63, 3.8) is 0 Å². The van der Waals surface area contributed by atoms with Gasteiger partial charge < -0.3 is 13.8 Å². The quantitative estimate of drug-likeness (QED) is 0.562. The maximum atomic E-state index is 13.5. The van der Waals surface area contributed by atoms with Crippen LogP contribution in [0.25, 0.3) is 11.4 Å². The zero-order valence-corrected chi connectivity index (χ0v) is 17.6. The summed E-state index contributed by atoms with van der Waals surface area (Å²) in [5.74, 6) is 3.85. The van der Waals surface area contributed by atoms with Crippen molar-refractivity contribution in [1.29, 1.82) is 0 Å². The Bertz CT molecular complexity index is 1080. The summed E-state index contributed by atoms with van der Waals surface area (Å²) in [5, 5.41) is 4.01. The normalized spacial score (nSPS) is 23.2. The lowest BCUT2D eigenvalue weighted by Gasteiger charge is -2.31. The second-order valence-corrected chi connectivity index (χ2v) is 8.77. The number of piperidine rings is 1. The zero-order chi connectivity index (χ0) is 21.4. The van der Waals surface area contributed by atoms with Gasteiger partial charge in [0.25, 0.3) is 0 Å². The van der Waals surface area contributed by atoms with Crippen LogP contribution in [-0.2, 0) is 11.2 Å². The molecule has 3 heterocycles. The number of halogens is 1. The minimum absolute atomic E-state index is 0.000853. The molecule has 3 aromatic rings. The average molecular weight is 423 g/mol. The van der Waals surface area contributed by atoms with Gasteiger partial charge in [0, 0.05) is 37.4 Å². The van der Waals surface area contributed by atoms with Crippen molar-refractivity contribution in [2.24, 2.45) is 5.92 Å². The second kappa shape index (κ2) is 8.29. The van der Waals surface area contributed by atoms with Crippen LogP contribution in [0.15, 0.2) is 45.3 Å². The summed E-state index contributed by atoms with van der Waals surface area (Å²) in [5.41, 5.74) is 0.581. The summed E-state index contributed by atoms with van der Waals surface area (Å²) < 4.78 is 24.9. The summed E-state index contributed by atoms with van der Waals surface area (Å²) in [6.45, 7) is 3.53. The summed E-state index contributed by atoms with van der Waals surface area (Å²) in [7, 11) is 0. The number of amides is 1. The predicted octanol–water partition coefficient (Wildman–Crippen LogP) is 4.93. The van der Waals surface area contributed by atoms with Gasteiger partial charge in [-0.3, -0.25) is 4.79 Å². The summed E-state index contributed by atoms with van der Waals surface area (Å²) in [6.07, 6.45) is 4.01. The second-order valence-electron chi connectivity index (χ2n) is 8.77. The number of aromatic nitrogens is 2. The topological polar surface area (TPSA) is 72.4 Å². The molecule has 2 aliphatic rings. The van der Waals surface area contributed by atoms with Crippen LogP contribution in [0.2, 0.25) is 0 Å². The fourth-order valence-electron chi connectivity index (χ4n) is 4.39. The van der Waals surface area contributed by atoms with Gasteiger partial charge in [0.2, 0.25) is 17.6 Å². The van der Waals surface area contributed by atoms with Crippen molar-refractivity contribution in [2.45, 2.75) is 50.9 Å². The van der Waals surface area contributed by atoms with Gasteiger partial charge in [0.1, 0.15) is 17.3 Å². The number of hydrogen-bond donors (Lipinski definition) is 0. The van der Waals surface area contributed by atoms with Gasteiger partial charge >= 0.3 is 0 Å². The van der Waals surface area contributed by atoms with Gasteiger partial charge in [-0.15, -0.1) is 0 Å². The fraction of sp³-hybridized carbons (Fsp3) is 0.458. The molecule has 2 fully saturated rings. The Balaban J connectivity index is 1.18. The minimum Gasteiger partial charge on any atom is -0.466 e. The van der Waals surface area contributed by atoms with E-state index in [0.717, 1.165) is 30.9 Å². The zero-order valence-electron chi connectivity index (χ0n) is 17.6. The van der Waals surface area contributed by atoms with Crippen LogP contribution in [0.5, 0.6) is 0 Å². The lowest BCUT2D eigenvalue weighted by molar-refractivity contribution is -0.132. The maximum Gasteiger partial charge on any atom is 0.231 e. The van der Waals surface area contributed by atoms with E-state index in [9.17, 15) is 9.18 Å². The molecule has 1 aliphatic heterocycles. The van der Waals surface area contributed by atoms with Crippen molar-refractivity contribution in [1.82, 2.24) is 15.0 Å². The Morgan fingerprint density at radius 2 is 2.16 bits per heavy atom. The van der Waals surface area contributed by atoms with Gasteiger partial charge in [-0.25, -0.2) is 4.39 Å². The number of nitrogens with zero attached hydrogens (tertiary/aromatic N) is 3. The van der Waals surface area contributed by atoms with Gasteiger partial charge in [-0.2, -0.15) is 4.98 Å². The molecule has 1 amide bonds. The monoisotopic (exact) mass is 423 g/mol. The van der Waals surface area contributed by atoms with E-state index in [4.69, 9.17) is 8.94 Å². The van der Waals surface area contributed by atoms with E-state index in [1.165, 1.54) is 18.6 Å². The van der Waals surface area contributed by atoms with Crippen LogP contribution in [0.1, 0.15) is 61.9 Å². The van der Waals surface area contributed by atoms with E-state index in [2.05, 4.69) is 23.1 Å². The van der Waals surface area contributed by atoms with E-state index in [0.29, 0.717) is 48.5 Å². The third-order valence-corrected chi connectivity index (χ3v) is 6.39. The van der Waals surface area contributed by atoms with Crippen LogP contribution < -0.4 is 0 Å². The summed E-state index contributed by atoms with van der Waals surface area (Å²) >= 11 is 0. The van der Waals surface area contributed by atoms with Gasteiger partial charge in [0.15, 0.2) is 0 Å². The Hall–Kier alpha value is -2.96. The molecule has 3 unspecified atom stereocenters. The highest BCUT2D eigenvalue weighted by Gasteiger charge is 2.36. The Kier molecular flexibility index (Phi) is 5.34. The number of benzene rings is 1. The van der Waals surface area contributed by atoms with E-state index in [1.54, 1.807) is 12.1 Å². The molecule has 31 heavy (non-hydrogen) atoms. The average Bonchev–Trinajstić information content (AvgIpc) is 3.18. The van der Waals surface area contributed by atoms with Gasteiger partial charge in [-0.1, -0.05) is 24.2 Å². The Morgan fingerprint density at radius 3 is 2.97 bits per heavy atom. The molecule has 1 aliphatic carbocycles. The van der Waals surface area contributed by atoms with Crippen LogP contribution >= 0.6 is 0 Å². The highest BCUT2D eigenvalue weighted by atomic mass is 19.1. The van der Waals surface area contributed by atoms with E-state index in [1.807, 2.05) is 11.0 Å². The smallest absolute Gasteiger partial charge is 0.231 e. The largest absolute Gasteiger partial charge is 0.466 e. The first kappa shape index (κ1) is 20.0. The van der Waals surface area contributed by atoms with Gasteiger partial charge in [0.05, 0.1) is 5.92 Å². The molecule has 1 aromatic carbocycles. The first-order chi connectivity index (χ1) is 15.1. The van der Waals surface area contributed by atoms with Crippen molar-refractivity contribution < 1.29 is 18.1 Å². The minimum atomic E-state index is -0.339. The third-order valence-electron chi connectivity index (χ3n) is 6.39. The lowest BCUT2D eigenvalue weighted by atomic mass is 9.97. The summed E-state index contributed by atoms with van der Waals surface area (Å²) in [4.78, 5) is 19.1. The van der Waals surface area contributed by atoms with Crippen molar-refractivity contribution in [3.05, 3.63) is 59.6 Å². The molecule has 1 saturated heterocycles. The number of carbonyl (C=O) groups is 1. The maximum absolute atomic E-state index is 13.5. The first-order valence-corrected chi connectivity index (χ1v) is 11.0. The Labute approximate surface area is 180 Å². The van der Waals surface area contributed by atoms with Crippen molar-refractivity contribution in [2.75, 3.05) is 13.1 Å². The van der Waals surface area contributed by atoms with Crippen molar-refractivity contribution in [3.8, 4) is 11.4 Å². The molecule has 0 spiro atoms. The van der Waals surface area contributed by atoms with Crippen molar-refractivity contribution >= 4 is 5.91 Å². The lowest BCUT2D eigenvalue weighted by Crippen LogP contribution is -2.39. The highest BCUT2D eigenvalue weighted by molar-refractivity contribution is 5.76. The number of aryl methyl sites for hydroxylation is 1. The van der Waals surface area contributed by atoms with Crippen LogP contribution in [0.3, 0.4) is 0 Å². The number of likely N-dealkylation sites (tertiary alicyclic amines) is 1. The predicted molar refractivity (Wildman–Crippen MR) is 112 cm³/mol. The molecule has 5 rings (SSSR count). The van der Waals surface area contributed by atoms with Crippen LogP contribution in [-0.4, -0.2) is 34.0 Å². The van der Waals surface area contributed by atoms with E-state index < -0.39 is 0 Å². The first-order valence-electron chi connectivity index (χ1n) is 11.0. The van der Waals surface area contributed by atoms with E-state index >= 15 is 0 Å². The molecular formula is C24H26FN3O3. The van der Waals surface area contributed by atoms with Crippen LogP contribution in [0, 0.1) is 11.7 Å². The molecule has 0 bridgehead atoms. The molecular weight excluding hydrogens is 397 g/mol. The SMILES string of the molecule is CC1CC1c1ccc(CCC(=O)N2CCCC(c3nc(-c4cccc(F)c4)no3)C2)o1. The van der Waals surface area contributed by atoms with E-state index in [-0.39, 0.29) is 17.6 Å². The Morgan fingerprint density at radius 1 is 1.29 bits per heavy atom. The third kappa shape index (κ3) is 4.40. The highest BCUT2D eigenvalue weighted by Crippen LogP contribution is 2.47. The summed E-state index contributed by atoms with van der Waals surface area (Å²) in [6, 6.07) is 10.2. The molecule has 7 heteroatoms. The molecule has 2 aromatic heterocycles. The molecule has 6 nitrogen and oxygen atoms in total. The molecule has 3 atom stereocenters. The fourth-order valence-corrected chi connectivity index (χ4v) is 4.39. The number of furan rings is 1. The molecule has 162 valence electrons. The number of rotatable bonds is 6. The number of carbonyl (C=O) groups excluding carboxylic acids is 1. The standard InChI is InChI=1S/C24H26FN3O3/c1-15-12-20(15)21-9-7-19(30-21)8-10-22(29)28-11-3-5-17(14-28)24-26-23(27-31-24)16-4-2-6-18(25)13-16/h2,4,6-7,9,13,15,17,20H,3,5,8,10-12,14H2,1H3.